The number of anilines is 1. The van der Waals surface area contributed by atoms with Crippen molar-refractivity contribution in [2.24, 2.45) is 5.92 Å². The van der Waals surface area contributed by atoms with Crippen LogP contribution in [-0.4, -0.2) is 36.2 Å². The summed E-state index contributed by atoms with van der Waals surface area (Å²) in [4.78, 5) is 3.98. The third-order valence-electron chi connectivity index (χ3n) is 5.79. The standard InChI is InChI=1S/C23H33N3OS/c1-3-20-8-4-5-10-22(20)24-23(28)26(18-21-9-6-17-27-21)14-7-13-25-15-11-19(2)12-16-25/h4-6,8-10,17,19H,3,7,11-16,18H2,1-2H3,(H,24,28)/p+1. The highest BCUT2D eigenvalue weighted by Crippen LogP contribution is 2.17. The number of nitrogens with zero attached hydrogens (tertiary/aromatic N) is 1. The number of hydrogen-bond donors (Lipinski definition) is 2. The Morgan fingerprint density at radius 1 is 1.21 bits per heavy atom. The van der Waals surface area contributed by atoms with Crippen molar-refractivity contribution in [2.75, 3.05) is 31.5 Å². The summed E-state index contributed by atoms with van der Waals surface area (Å²) in [6.45, 7) is 10.0. The first kappa shape index (κ1) is 20.9. The SMILES string of the molecule is CCc1ccccc1NC(=S)N(CCC[NH+]1CCC(C)CC1)Cc1ccco1. The van der Waals surface area contributed by atoms with Gasteiger partial charge >= 0.3 is 0 Å². The Kier molecular flexibility index (Phi) is 7.92. The highest BCUT2D eigenvalue weighted by Gasteiger charge is 2.19. The number of likely N-dealkylation sites (tertiary alicyclic amines) is 1. The molecule has 0 radical (unpaired) electrons. The normalized spacial score (nSPS) is 19.4. The first-order chi connectivity index (χ1) is 13.7. The number of benzene rings is 1. The quantitative estimate of drug-likeness (QED) is 0.661. The van der Waals surface area contributed by atoms with E-state index in [-0.39, 0.29) is 0 Å². The first-order valence-corrected chi connectivity index (χ1v) is 11.1. The van der Waals surface area contributed by atoms with Gasteiger partial charge in [-0.25, -0.2) is 0 Å². The molecule has 2 aromatic rings. The molecule has 0 bridgehead atoms. The van der Waals surface area contributed by atoms with Gasteiger partial charge in [-0.2, -0.15) is 0 Å². The van der Waals surface area contributed by atoms with E-state index in [1.165, 1.54) is 38.0 Å². The smallest absolute Gasteiger partial charge is 0.173 e. The molecule has 5 heteroatoms. The second-order valence-electron chi connectivity index (χ2n) is 7.98. The zero-order chi connectivity index (χ0) is 19.8. The lowest BCUT2D eigenvalue weighted by Gasteiger charge is -2.29. The molecule has 1 aromatic heterocycles. The molecule has 152 valence electrons. The Bertz CT molecular complexity index is 723. The first-order valence-electron chi connectivity index (χ1n) is 10.7. The van der Waals surface area contributed by atoms with E-state index in [1.54, 1.807) is 11.2 Å². The number of hydrogen-bond acceptors (Lipinski definition) is 2. The number of quaternary nitrogens is 1. The van der Waals surface area contributed by atoms with E-state index < -0.39 is 0 Å². The van der Waals surface area contributed by atoms with Crippen molar-refractivity contribution < 1.29 is 9.32 Å². The van der Waals surface area contributed by atoms with E-state index in [9.17, 15) is 0 Å². The van der Waals surface area contributed by atoms with Gasteiger partial charge < -0.3 is 19.5 Å². The molecule has 1 aliphatic heterocycles. The summed E-state index contributed by atoms with van der Waals surface area (Å²) in [5.74, 6) is 1.85. The third kappa shape index (κ3) is 6.08. The maximum atomic E-state index is 5.79. The van der Waals surface area contributed by atoms with Gasteiger partial charge in [0.2, 0.25) is 0 Å². The summed E-state index contributed by atoms with van der Waals surface area (Å²) in [7, 11) is 0. The molecule has 0 saturated carbocycles. The number of nitrogens with one attached hydrogen (secondary N) is 2. The Balaban J connectivity index is 1.58. The van der Waals surface area contributed by atoms with E-state index in [1.807, 2.05) is 12.1 Å². The molecule has 0 unspecified atom stereocenters. The van der Waals surface area contributed by atoms with Gasteiger partial charge in [-0.3, -0.25) is 0 Å². The van der Waals surface area contributed by atoms with Crippen molar-refractivity contribution in [3.8, 4) is 0 Å². The number of para-hydroxylation sites is 1. The van der Waals surface area contributed by atoms with E-state index in [2.05, 4.69) is 48.3 Å². The highest BCUT2D eigenvalue weighted by atomic mass is 32.1. The average Bonchev–Trinajstić information content (AvgIpc) is 3.22. The van der Waals surface area contributed by atoms with Crippen LogP contribution in [-0.2, 0) is 13.0 Å². The van der Waals surface area contributed by atoms with Gasteiger partial charge in [0.1, 0.15) is 5.76 Å². The summed E-state index contributed by atoms with van der Waals surface area (Å²) < 4.78 is 5.58. The van der Waals surface area contributed by atoms with Crippen LogP contribution in [0.1, 0.15) is 44.4 Å². The molecule has 1 aliphatic rings. The Morgan fingerprint density at radius 3 is 2.71 bits per heavy atom. The monoisotopic (exact) mass is 400 g/mol. The maximum Gasteiger partial charge on any atom is 0.173 e. The Hall–Kier alpha value is -1.85. The van der Waals surface area contributed by atoms with Gasteiger partial charge in [0, 0.05) is 18.7 Å². The van der Waals surface area contributed by atoms with Crippen molar-refractivity contribution in [1.29, 1.82) is 0 Å². The van der Waals surface area contributed by atoms with Crippen LogP contribution >= 0.6 is 12.2 Å². The van der Waals surface area contributed by atoms with Gasteiger partial charge in [-0.1, -0.05) is 32.0 Å². The van der Waals surface area contributed by atoms with Crippen LogP contribution in [0.3, 0.4) is 0 Å². The number of furan rings is 1. The fraction of sp³-hybridized carbons (Fsp3) is 0.522. The zero-order valence-electron chi connectivity index (χ0n) is 17.2. The predicted octanol–water partition coefficient (Wildman–Crippen LogP) is 3.75. The van der Waals surface area contributed by atoms with Crippen LogP contribution < -0.4 is 10.2 Å². The van der Waals surface area contributed by atoms with Crippen molar-refractivity contribution in [1.82, 2.24) is 4.90 Å². The summed E-state index contributed by atoms with van der Waals surface area (Å²) >= 11 is 5.79. The van der Waals surface area contributed by atoms with Crippen LogP contribution in [0.2, 0.25) is 0 Å². The molecular formula is C23H34N3OS+. The molecule has 4 nitrogen and oxygen atoms in total. The second-order valence-corrected chi connectivity index (χ2v) is 8.36. The molecule has 0 atom stereocenters. The molecule has 1 saturated heterocycles. The van der Waals surface area contributed by atoms with E-state index in [0.29, 0.717) is 6.54 Å². The summed E-state index contributed by atoms with van der Waals surface area (Å²) in [6.07, 6.45) is 6.58. The molecular weight excluding hydrogens is 366 g/mol. The molecule has 0 spiro atoms. The molecule has 2 heterocycles. The van der Waals surface area contributed by atoms with Gasteiger partial charge in [0.05, 0.1) is 32.4 Å². The number of aryl methyl sites for hydroxylation is 1. The molecule has 0 amide bonds. The third-order valence-corrected chi connectivity index (χ3v) is 6.15. The second kappa shape index (κ2) is 10.6. The Morgan fingerprint density at radius 2 is 2.00 bits per heavy atom. The number of thiocarbonyl (C=S) groups is 1. The van der Waals surface area contributed by atoms with Gasteiger partial charge in [0.25, 0.3) is 0 Å². The van der Waals surface area contributed by atoms with Crippen molar-refractivity contribution in [3.05, 3.63) is 54.0 Å². The summed E-state index contributed by atoms with van der Waals surface area (Å²) in [5.41, 5.74) is 2.39. The Labute approximate surface area is 174 Å². The maximum absolute atomic E-state index is 5.79. The minimum atomic E-state index is 0.708. The number of rotatable bonds is 8. The lowest BCUT2D eigenvalue weighted by Crippen LogP contribution is -3.13. The van der Waals surface area contributed by atoms with Gasteiger partial charge in [-0.15, -0.1) is 0 Å². The largest absolute Gasteiger partial charge is 0.467 e. The van der Waals surface area contributed by atoms with E-state index in [4.69, 9.17) is 16.6 Å². The average molecular weight is 401 g/mol. The van der Waals surface area contributed by atoms with E-state index in [0.717, 1.165) is 41.9 Å². The van der Waals surface area contributed by atoms with Gasteiger partial charge in [0.15, 0.2) is 5.11 Å². The van der Waals surface area contributed by atoms with E-state index >= 15 is 0 Å². The van der Waals surface area contributed by atoms with Crippen molar-refractivity contribution in [3.63, 3.8) is 0 Å². The lowest BCUT2D eigenvalue weighted by molar-refractivity contribution is -0.906. The molecule has 2 N–H and O–H groups in total. The van der Waals surface area contributed by atoms with Crippen LogP contribution in [0.25, 0.3) is 0 Å². The molecule has 0 aliphatic carbocycles. The van der Waals surface area contributed by atoms with Crippen LogP contribution in [0.4, 0.5) is 5.69 Å². The molecule has 28 heavy (non-hydrogen) atoms. The summed E-state index contributed by atoms with van der Waals surface area (Å²) in [5, 5.41) is 4.25. The molecule has 1 aromatic carbocycles. The highest BCUT2D eigenvalue weighted by molar-refractivity contribution is 7.80. The number of piperidine rings is 1. The molecule has 1 fully saturated rings. The fourth-order valence-electron chi connectivity index (χ4n) is 3.93. The lowest BCUT2D eigenvalue weighted by atomic mass is 9.99. The van der Waals surface area contributed by atoms with Crippen LogP contribution in [0.5, 0.6) is 0 Å². The predicted molar refractivity (Wildman–Crippen MR) is 120 cm³/mol. The topological polar surface area (TPSA) is 32.9 Å². The van der Waals surface area contributed by atoms with Crippen LogP contribution in [0.15, 0.2) is 47.1 Å². The van der Waals surface area contributed by atoms with Crippen molar-refractivity contribution >= 4 is 23.0 Å². The minimum Gasteiger partial charge on any atom is -0.467 e. The van der Waals surface area contributed by atoms with Crippen LogP contribution in [0, 0.1) is 5.92 Å². The minimum absolute atomic E-state index is 0.708. The summed E-state index contributed by atoms with van der Waals surface area (Å²) in [6, 6.07) is 12.4. The molecule has 3 rings (SSSR count). The van der Waals surface area contributed by atoms with Gasteiger partial charge in [-0.05, 0) is 61.2 Å². The fourth-order valence-corrected chi connectivity index (χ4v) is 4.19. The zero-order valence-corrected chi connectivity index (χ0v) is 18.1. The van der Waals surface area contributed by atoms with Crippen molar-refractivity contribution in [2.45, 2.75) is 46.1 Å².